The molecule has 0 bridgehead atoms. The zero-order valence-corrected chi connectivity index (χ0v) is 18.5. The van der Waals surface area contributed by atoms with Gasteiger partial charge in [-0.15, -0.1) is 23.2 Å². The van der Waals surface area contributed by atoms with Crippen molar-refractivity contribution in [3.63, 3.8) is 0 Å². The number of amidine groups is 1. The summed E-state index contributed by atoms with van der Waals surface area (Å²) < 4.78 is 0. The maximum absolute atomic E-state index is 6.52. The van der Waals surface area contributed by atoms with E-state index < -0.39 is 0 Å². The predicted octanol–water partition coefficient (Wildman–Crippen LogP) is 3.03. The third-order valence-corrected chi connectivity index (χ3v) is 8.67. The van der Waals surface area contributed by atoms with E-state index in [2.05, 4.69) is 29.2 Å². The van der Waals surface area contributed by atoms with Crippen molar-refractivity contribution in [3.8, 4) is 0 Å². The van der Waals surface area contributed by atoms with E-state index in [1.165, 1.54) is 50.8 Å². The van der Waals surface area contributed by atoms with E-state index in [4.69, 9.17) is 28.2 Å². The van der Waals surface area contributed by atoms with Gasteiger partial charge in [0, 0.05) is 31.3 Å². The van der Waals surface area contributed by atoms with Crippen LogP contribution in [-0.4, -0.2) is 71.3 Å². The number of nitrogens with two attached hydrogens (primary N) is 1. The SMILES string of the molecule is CN(C)C1CC(N=C2CCCN2C2CCC(Cl)C(Cl)C2)C2CCCCC2[NH2+]1. The number of nitrogens with zero attached hydrogens (tertiary/aromatic N) is 3. The van der Waals surface area contributed by atoms with Crippen LogP contribution in [0.25, 0.3) is 0 Å². The van der Waals surface area contributed by atoms with Crippen LogP contribution in [0.1, 0.15) is 64.2 Å². The summed E-state index contributed by atoms with van der Waals surface area (Å²) >= 11 is 12.9. The highest BCUT2D eigenvalue weighted by Gasteiger charge is 2.43. The van der Waals surface area contributed by atoms with Crippen molar-refractivity contribution in [3.05, 3.63) is 0 Å². The number of alkyl halides is 2. The smallest absolute Gasteiger partial charge is 0.144 e. The number of aliphatic imine (C=N–C) groups is 1. The van der Waals surface area contributed by atoms with Gasteiger partial charge in [-0.1, -0.05) is 6.42 Å². The summed E-state index contributed by atoms with van der Waals surface area (Å²) in [6.45, 7) is 1.16. The second-order valence-corrected chi connectivity index (χ2v) is 10.6. The maximum atomic E-state index is 6.52. The molecule has 4 rings (SSSR count). The van der Waals surface area contributed by atoms with Gasteiger partial charge in [0.15, 0.2) is 0 Å². The van der Waals surface area contributed by atoms with Crippen LogP contribution >= 0.6 is 23.2 Å². The minimum absolute atomic E-state index is 0.109. The summed E-state index contributed by atoms with van der Waals surface area (Å²) in [5, 5.41) is 2.90. The lowest BCUT2D eigenvalue weighted by Gasteiger charge is -2.43. The summed E-state index contributed by atoms with van der Waals surface area (Å²) in [5.41, 5.74) is 0. The molecule has 4 nitrogen and oxygen atoms in total. The Balaban J connectivity index is 1.51. The molecule has 2 saturated carbocycles. The monoisotopic (exact) mass is 415 g/mol. The molecule has 27 heavy (non-hydrogen) atoms. The number of rotatable bonds is 3. The van der Waals surface area contributed by atoms with Gasteiger partial charge >= 0.3 is 0 Å². The highest BCUT2D eigenvalue weighted by molar-refractivity contribution is 6.30. The number of halogens is 2. The number of hydrogen-bond donors (Lipinski definition) is 1. The first-order valence-electron chi connectivity index (χ1n) is 11.2. The number of piperidine rings is 1. The minimum Gasteiger partial charge on any atom is -0.357 e. The van der Waals surface area contributed by atoms with E-state index >= 15 is 0 Å². The second kappa shape index (κ2) is 8.77. The van der Waals surface area contributed by atoms with E-state index in [9.17, 15) is 0 Å². The topological polar surface area (TPSA) is 35.5 Å². The standard InChI is InChI=1S/C21H36Cl2N4/c1-26(2)21-13-19(15-6-3-4-7-18(15)24-21)25-20-8-5-11-27(20)14-9-10-16(22)17(23)12-14/h14-19,21,24H,3-13H2,1-2H3/p+1. The van der Waals surface area contributed by atoms with Gasteiger partial charge in [0.25, 0.3) is 0 Å². The van der Waals surface area contributed by atoms with Gasteiger partial charge < -0.3 is 10.2 Å². The fourth-order valence-corrected chi connectivity index (χ4v) is 6.53. The molecule has 2 aliphatic heterocycles. The van der Waals surface area contributed by atoms with Crippen molar-refractivity contribution in [1.82, 2.24) is 9.80 Å². The van der Waals surface area contributed by atoms with E-state index in [0.29, 0.717) is 18.2 Å². The second-order valence-electron chi connectivity index (χ2n) is 9.48. The molecule has 0 amide bonds. The van der Waals surface area contributed by atoms with E-state index in [0.717, 1.165) is 37.8 Å². The summed E-state index contributed by atoms with van der Waals surface area (Å²) in [7, 11) is 4.45. The molecule has 6 heteroatoms. The molecule has 2 N–H and O–H groups in total. The van der Waals surface area contributed by atoms with Crippen molar-refractivity contribution < 1.29 is 5.32 Å². The lowest BCUT2D eigenvalue weighted by atomic mass is 9.75. The molecule has 0 aromatic rings. The molecule has 2 aliphatic carbocycles. The maximum Gasteiger partial charge on any atom is 0.144 e. The van der Waals surface area contributed by atoms with Crippen LogP contribution < -0.4 is 5.32 Å². The minimum atomic E-state index is 0.109. The Morgan fingerprint density at radius 1 is 1.00 bits per heavy atom. The molecule has 4 aliphatic rings. The molecule has 7 atom stereocenters. The largest absolute Gasteiger partial charge is 0.357 e. The highest BCUT2D eigenvalue weighted by atomic mass is 35.5. The molecule has 0 spiro atoms. The number of fused-ring (bicyclic) bond motifs is 1. The van der Waals surface area contributed by atoms with E-state index in [1.807, 2.05) is 0 Å². The van der Waals surface area contributed by atoms with Crippen LogP contribution in [0.3, 0.4) is 0 Å². The van der Waals surface area contributed by atoms with E-state index in [1.54, 1.807) is 0 Å². The van der Waals surface area contributed by atoms with Crippen LogP contribution in [0.4, 0.5) is 0 Å². The summed E-state index contributed by atoms with van der Waals surface area (Å²) in [6, 6.07) is 1.81. The average molecular weight is 416 g/mol. The van der Waals surface area contributed by atoms with Gasteiger partial charge in [-0.3, -0.25) is 9.89 Å². The molecule has 2 heterocycles. The highest BCUT2D eigenvalue weighted by Crippen LogP contribution is 2.35. The Labute approximate surface area is 175 Å². The fraction of sp³-hybridized carbons (Fsp3) is 0.952. The van der Waals surface area contributed by atoms with Crippen molar-refractivity contribution in [2.75, 3.05) is 20.6 Å². The predicted molar refractivity (Wildman–Crippen MR) is 114 cm³/mol. The number of quaternary nitrogens is 1. The molecule has 7 unspecified atom stereocenters. The van der Waals surface area contributed by atoms with Crippen LogP contribution in [-0.2, 0) is 0 Å². The summed E-state index contributed by atoms with van der Waals surface area (Å²) in [4.78, 5) is 10.5. The van der Waals surface area contributed by atoms with Gasteiger partial charge in [-0.05, 0) is 59.0 Å². The summed E-state index contributed by atoms with van der Waals surface area (Å²) in [6.07, 6.45) is 12.9. The van der Waals surface area contributed by atoms with Crippen LogP contribution in [0.5, 0.6) is 0 Å². The first-order valence-corrected chi connectivity index (χ1v) is 12.0. The van der Waals surface area contributed by atoms with Gasteiger partial charge in [-0.2, -0.15) is 0 Å². The molecule has 0 radical (unpaired) electrons. The molecular formula is C21H37Cl2N4+. The quantitative estimate of drug-likeness (QED) is 0.718. The zero-order valence-electron chi connectivity index (χ0n) is 17.0. The van der Waals surface area contributed by atoms with Crippen LogP contribution in [0, 0.1) is 5.92 Å². The lowest BCUT2D eigenvalue weighted by Crippen LogP contribution is -3.01. The Bertz CT molecular complexity index is 540. The van der Waals surface area contributed by atoms with Crippen molar-refractivity contribution in [1.29, 1.82) is 0 Å². The average Bonchev–Trinajstić information content (AvgIpc) is 3.12. The van der Waals surface area contributed by atoms with Gasteiger partial charge in [0.1, 0.15) is 6.17 Å². The third-order valence-electron chi connectivity index (χ3n) is 7.54. The Morgan fingerprint density at radius 2 is 1.81 bits per heavy atom. The normalized spacial score (nSPS) is 44.7. The number of likely N-dealkylation sites (tertiary alicyclic amines) is 1. The Morgan fingerprint density at radius 3 is 2.59 bits per heavy atom. The first kappa shape index (κ1) is 20.3. The van der Waals surface area contributed by atoms with Gasteiger partial charge in [0.05, 0.1) is 28.7 Å². The van der Waals surface area contributed by atoms with Crippen molar-refractivity contribution in [2.24, 2.45) is 10.9 Å². The third kappa shape index (κ3) is 4.44. The van der Waals surface area contributed by atoms with Crippen LogP contribution in [0.15, 0.2) is 4.99 Å². The molecule has 0 aromatic heterocycles. The molecule has 154 valence electrons. The summed E-state index contributed by atoms with van der Waals surface area (Å²) in [5.74, 6) is 2.15. The van der Waals surface area contributed by atoms with Crippen LogP contribution in [0.2, 0.25) is 0 Å². The molecule has 2 saturated heterocycles. The fourth-order valence-electron chi connectivity index (χ4n) is 5.97. The van der Waals surface area contributed by atoms with Crippen molar-refractivity contribution in [2.45, 2.75) is 99.3 Å². The Kier molecular flexibility index (Phi) is 6.58. The molecule has 4 fully saturated rings. The lowest BCUT2D eigenvalue weighted by molar-refractivity contribution is -0.755. The van der Waals surface area contributed by atoms with Gasteiger partial charge in [-0.25, -0.2) is 0 Å². The van der Waals surface area contributed by atoms with Crippen molar-refractivity contribution >= 4 is 29.0 Å². The molecular weight excluding hydrogens is 379 g/mol. The zero-order chi connectivity index (χ0) is 19.0. The van der Waals surface area contributed by atoms with Gasteiger partial charge in [0.2, 0.25) is 0 Å². The first-order chi connectivity index (χ1) is 13.0. The molecule has 0 aromatic carbocycles. The Hall–Kier alpha value is -0.0300. The van der Waals surface area contributed by atoms with E-state index in [-0.39, 0.29) is 10.8 Å². The number of hydrogen-bond acceptors (Lipinski definition) is 2.